The Morgan fingerprint density at radius 3 is 2.24 bits per heavy atom. The Morgan fingerprint density at radius 1 is 1.00 bits per heavy atom. The summed E-state index contributed by atoms with van der Waals surface area (Å²) in [6, 6.07) is 0.498. The zero-order valence-electron chi connectivity index (χ0n) is 12.6. The van der Waals surface area contributed by atoms with Crippen LogP contribution in [0.3, 0.4) is 0 Å². The van der Waals surface area contributed by atoms with E-state index in [9.17, 15) is 0 Å². The fourth-order valence-corrected chi connectivity index (χ4v) is 2.29. The van der Waals surface area contributed by atoms with E-state index >= 15 is 0 Å². The highest BCUT2D eigenvalue weighted by Gasteiger charge is 2.17. The third-order valence-electron chi connectivity index (χ3n) is 3.38. The maximum atomic E-state index is 6.07. The molecule has 0 heterocycles. The second-order valence-electron chi connectivity index (χ2n) is 5.07. The van der Waals surface area contributed by atoms with Crippen LogP contribution in [-0.4, -0.2) is 24.8 Å². The third kappa shape index (κ3) is 8.62. The monoisotopic (exact) mass is 243 g/mol. The van der Waals surface area contributed by atoms with Crippen molar-refractivity contribution in [2.24, 2.45) is 0 Å². The molecule has 0 aliphatic carbocycles. The fourth-order valence-electron chi connectivity index (χ4n) is 2.29. The number of unbranched alkanes of at least 4 members (excludes halogenated alkanes) is 3. The molecule has 0 aliphatic heterocycles. The zero-order chi connectivity index (χ0) is 13.1. The van der Waals surface area contributed by atoms with Gasteiger partial charge in [0.25, 0.3) is 0 Å². The average molecular weight is 243 g/mol. The molecule has 0 radical (unpaired) electrons. The molecular weight excluding hydrogens is 210 g/mol. The molecule has 3 unspecified atom stereocenters. The standard InChI is InChI=1S/C15H33NO/c1-6-9-10-11-12-13(4)17-14(5)15(7-2)16-8-3/h13-16H,6-12H2,1-5H3. The van der Waals surface area contributed by atoms with E-state index in [-0.39, 0.29) is 0 Å². The smallest absolute Gasteiger partial charge is 0.0703 e. The predicted octanol–water partition coefficient (Wildman–Crippen LogP) is 4.14. The Hall–Kier alpha value is -0.0800. The van der Waals surface area contributed by atoms with Gasteiger partial charge in [-0.1, -0.05) is 46.5 Å². The lowest BCUT2D eigenvalue weighted by atomic mass is 10.1. The van der Waals surface area contributed by atoms with Gasteiger partial charge in [-0.2, -0.15) is 0 Å². The van der Waals surface area contributed by atoms with Gasteiger partial charge in [0.1, 0.15) is 0 Å². The summed E-state index contributed by atoms with van der Waals surface area (Å²) in [5, 5.41) is 3.49. The Balaban J connectivity index is 3.72. The SMILES string of the molecule is CCCCCCC(C)OC(C)C(CC)NCC. The highest BCUT2D eigenvalue weighted by Crippen LogP contribution is 2.12. The summed E-state index contributed by atoms with van der Waals surface area (Å²) in [5.74, 6) is 0. The summed E-state index contributed by atoms with van der Waals surface area (Å²) >= 11 is 0. The maximum absolute atomic E-state index is 6.07. The number of rotatable bonds is 11. The van der Waals surface area contributed by atoms with Crippen LogP contribution < -0.4 is 5.32 Å². The van der Waals surface area contributed by atoms with Crippen molar-refractivity contribution in [2.45, 2.75) is 91.4 Å². The Morgan fingerprint density at radius 2 is 1.71 bits per heavy atom. The minimum atomic E-state index is 0.320. The van der Waals surface area contributed by atoms with E-state index < -0.39 is 0 Å². The number of hydrogen-bond acceptors (Lipinski definition) is 2. The molecular formula is C15H33NO. The van der Waals surface area contributed by atoms with E-state index in [2.05, 4.69) is 39.9 Å². The number of likely N-dealkylation sites (N-methyl/N-ethyl adjacent to an activating group) is 1. The molecule has 104 valence electrons. The van der Waals surface area contributed by atoms with Crippen LogP contribution in [0.2, 0.25) is 0 Å². The minimum Gasteiger partial charge on any atom is -0.374 e. The lowest BCUT2D eigenvalue weighted by Crippen LogP contribution is -2.40. The second kappa shape index (κ2) is 11.0. The van der Waals surface area contributed by atoms with Crippen LogP contribution in [0.5, 0.6) is 0 Å². The molecule has 0 aromatic rings. The molecule has 1 N–H and O–H groups in total. The van der Waals surface area contributed by atoms with Crippen molar-refractivity contribution < 1.29 is 4.74 Å². The summed E-state index contributed by atoms with van der Waals surface area (Å²) in [6.07, 6.45) is 8.38. The summed E-state index contributed by atoms with van der Waals surface area (Å²) < 4.78 is 6.07. The van der Waals surface area contributed by atoms with Crippen LogP contribution >= 0.6 is 0 Å². The van der Waals surface area contributed by atoms with Crippen molar-refractivity contribution in [2.75, 3.05) is 6.54 Å². The van der Waals surface area contributed by atoms with Crippen LogP contribution in [-0.2, 0) is 4.74 Å². The van der Waals surface area contributed by atoms with E-state index in [1.165, 1.54) is 32.1 Å². The summed E-state index contributed by atoms with van der Waals surface area (Å²) in [4.78, 5) is 0. The number of hydrogen-bond donors (Lipinski definition) is 1. The van der Waals surface area contributed by atoms with E-state index in [4.69, 9.17) is 4.74 Å². The average Bonchev–Trinajstić information content (AvgIpc) is 2.31. The molecule has 2 heteroatoms. The Bertz CT molecular complexity index is 161. The van der Waals surface area contributed by atoms with E-state index in [0.29, 0.717) is 18.2 Å². The Labute approximate surface area is 109 Å². The lowest BCUT2D eigenvalue weighted by molar-refractivity contribution is -0.0171. The molecule has 0 aromatic heterocycles. The fraction of sp³-hybridized carbons (Fsp3) is 1.00. The van der Waals surface area contributed by atoms with Crippen LogP contribution in [0.4, 0.5) is 0 Å². The van der Waals surface area contributed by atoms with E-state index in [1.54, 1.807) is 0 Å². The molecule has 0 saturated heterocycles. The molecule has 0 aromatic carbocycles. The van der Waals surface area contributed by atoms with Gasteiger partial charge in [0, 0.05) is 6.04 Å². The molecule has 0 saturated carbocycles. The van der Waals surface area contributed by atoms with Gasteiger partial charge in [0.2, 0.25) is 0 Å². The molecule has 0 fully saturated rings. The van der Waals surface area contributed by atoms with Gasteiger partial charge in [-0.25, -0.2) is 0 Å². The summed E-state index contributed by atoms with van der Waals surface area (Å²) in [7, 11) is 0. The largest absolute Gasteiger partial charge is 0.374 e. The first-order valence-electron chi connectivity index (χ1n) is 7.54. The van der Waals surface area contributed by atoms with Crippen molar-refractivity contribution in [3.63, 3.8) is 0 Å². The third-order valence-corrected chi connectivity index (χ3v) is 3.38. The first-order chi connectivity index (χ1) is 8.15. The van der Waals surface area contributed by atoms with Crippen LogP contribution in [0.15, 0.2) is 0 Å². The maximum Gasteiger partial charge on any atom is 0.0703 e. The predicted molar refractivity (Wildman–Crippen MR) is 76.5 cm³/mol. The van der Waals surface area contributed by atoms with Crippen molar-refractivity contribution in [1.29, 1.82) is 0 Å². The topological polar surface area (TPSA) is 21.3 Å². The zero-order valence-corrected chi connectivity index (χ0v) is 12.6. The molecule has 3 atom stereocenters. The van der Waals surface area contributed by atoms with E-state index in [1.807, 2.05) is 0 Å². The molecule has 17 heavy (non-hydrogen) atoms. The highest BCUT2D eigenvalue weighted by atomic mass is 16.5. The quantitative estimate of drug-likeness (QED) is 0.551. The molecule has 0 bridgehead atoms. The first kappa shape index (κ1) is 16.9. The normalized spacial score (nSPS) is 16.8. The van der Waals surface area contributed by atoms with Crippen LogP contribution in [0.25, 0.3) is 0 Å². The Kier molecular flexibility index (Phi) is 11.0. The van der Waals surface area contributed by atoms with Gasteiger partial charge in [0.05, 0.1) is 12.2 Å². The summed E-state index contributed by atoms with van der Waals surface area (Å²) in [5.41, 5.74) is 0. The minimum absolute atomic E-state index is 0.320. The molecule has 0 amide bonds. The van der Waals surface area contributed by atoms with Gasteiger partial charge in [0.15, 0.2) is 0 Å². The molecule has 0 rings (SSSR count). The lowest BCUT2D eigenvalue weighted by Gasteiger charge is -2.27. The van der Waals surface area contributed by atoms with E-state index in [0.717, 1.165) is 13.0 Å². The van der Waals surface area contributed by atoms with Gasteiger partial charge in [-0.3, -0.25) is 0 Å². The summed E-state index contributed by atoms with van der Waals surface area (Å²) in [6.45, 7) is 12.1. The second-order valence-corrected chi connectivity index (χ2v) is 5.07. The van der Waals surface area contributed by atoms with Crippen molar-refractivity contribution in [3.05, 3.63) is 0 Å². The van der Waals surface area contributed by atoms with Gasteiger partial charge >= 0.3 is 0 Å². The van der Waals surface area contributed by atoms with Crippen LogP contribution in [0, 0.1) is 0 Å². The van der Waals surface area contributed by atoms with Crippen LogP contribution in [0.1, 0.15) is 73.1 Å². The van der Waals surface area contributed by atoms with Gasteiger partial charge in [-0.05, 0) is 33.2 Å². The molecule has 0 aliphatic rings. The number of nitrogens with one attached hydrogen (secondary N) is 1. The number of ether oxygens (including phenoxy) is 1. The van der Waals surface area contributed by atoms with Gasteiger partial charge < -0.3 is 10.1 Å². The van der Waals surface area contributed by atoms with Crippen molar-refractivity contribution in [1.82, 2.24) is 5.32 Å². The highest BCUT2D eigenvalue weighted by molar-refractivity contribution is 4.72. The van der Waals surface area contributed by atoms with Gasteiger partial charge in [-0.15, -0.1) is 0 Å². The van der Waals surface area contributed by atoms with Crippen molar-refractivity contribution >= 4 is 0 Å². The molecule has 2 nitrogen and oxygen atoms in total. The van der Waals surface area contributed by atoms with Crippen molar-refractivity contribution in [3.8, 4) is 0 Å². The first-order valence-corrected chi connectivity index (χ1v) is 7.54. The molecule has 0 spiro atoms.